The SMILES string of the molecule is Cc1cc(F)ccc1Cc1cnc2n1CC(CO)N(c1cn[nH]c(=O)c1Cl)C2. The minimum absolute atomic E-state index is 0.0376. The minimum atomic E-state index is -0.475. The summed E-state index contributed by atoms with van der Waals surface area (Å²) in [4.78, 5) is 18.2. The van der Waals surface area contributed by atoms with E-state index in [1.165, 1.54) is 18.3 Å². The molecule has 3 heterocycles. The van der Waals surface area contributed by atoms with Crippen molar-refractivity contribution < 1.29 is 9.50 Å². The summed E-state index contributed by atoms with van der Waals surface area (Å²) < 4.78 is 15.4. The summed E-state index contributed by atoms with van der Waals surface area (Å²) >= 11 is 6.15. The summed E-state index contributed by atoms with van der Waals surface area (Å²) in [5.41, 5.74) is 2.88. The molecule has 3 aromatic rings. The van der Waals surface area contributed by atoms with E-state index in [9.17, 15) is 14.3 Å². The molecular formula is C19H19ClFN5O2. The first kappa shape index (κ1) is 18.6. The van der Waals surface area contributed by atoms with Crippen molar-refractivity contribution >= 4 is 17.3 Å². The van der Waals surface area contributed by atoms with Crippen molar-refractivity contribution in [3.05, 3.63) is 74.4 Å². The van der Waals surface area contributed by atoms with E-state index >= 15 is 0 Å². The Kier molecular flexibility index (Phi) is 4.91. The Bertz CT molecular complexity index is 1080. The van der Waals surface area contributed by atoms with Gasteiger partial charge in [-0.1, -0.05) is 17.7 Å². The fourth-order valence-electron chi connectivity index (χ4n) is 3.60. The van der Waals surface area contributed by atoms with Gasteiger partial charge in [0, 0.05) is 24.9 Å². The molecule has 28 heavy (non-hydrogen) atoms. The summed E-state index contributed by atoms with van der Waals surface area (Å²) in [5, 5.41) is 16.1. The van der Waals surface area contributed by atoms with Gasteiger partial charge < -0.3 is 14.6 Å². The molecule has 146 valence electrons. The molecule has 1 aliphatic rings. The number of halogens is 2. The van der Waals surface area contributed by atoms with Gasteiger partial charge in [0.15, 0.2) is 0 Å². The number of aryl methyl sites for hydroxylation is 1. The lowest BCUT2D eigenvalue weighted by Crippen LogP contribution is -2.46. The number of imidazole rings is 1. The molecule has 2 N–H and O–H groups in total. The van der Waals surface area contributed by atoms with Crippen molar-refractivity contribution in [1.82, 2.24) is 19.7 Å². The number of aliphatic hydroxyl groups excluding tert-OH is 1. The molecule has 0 amide bonds. The smallest absolute Gasteiger partial charge is 0.285 e. The second-order valence-corrected chi connectivity index (χ2v) is 7.26. The van der Waals surface area contributed by atoms with Crippen LogP contribution in [0.4, 0.5) is 10.1 Å². The molecule has 1 atom stereocenters. The fraction of sp³-hybridized carbons (Fsp3) is 0.316. The normalized spacial score (nSPS) is 16.3. The molecular weight excluding hydrogens is 385 g/mol. The number of hydrogen-bond acceptors (Lipinski definition) is 5. The summed E-state index contributed by atoms with van der Waals surface area (Å²) in [5.74, 6) is 0.548. The molecule has 0 aliphatic carbocycles. The first-order chi connectivity index (χ1) is 13.5. The number of H-pyrrole nitrogens is 1. The van der Waals surface area contributed by atoms with Gasteiger partial charge in [0.1, 0.15) is 16.7 Å². The van der Waals surface area contributed by atoms with Crippen LogP contribution in [0.3, 0.4) is 0 Å². The minimum Gasteiger partial charge on any atom is -0.394 e. The third-order valence-electron chi connectivity index (χ3n) is 5.14. The van der Waals surface area contributed by atoms with Crippen molar-refractivity contribution in [3.8, 4) is 0 Å². The lowest BCUT2D eigenvalue weighted by molar-refractivity contribution is 0.234. The van der Waals surface area contributed by atoms with Gasteiger partial charge in [0.25, 0.3) is 5.56 Å². The number of aromatic amines is 1. The van der Waals surface area contributed by atoms with Gasteiger partial charge in [-0.3, -0.25) is 4.79 Å². The van der Waals surface area contributed by atoms with Crippen molar-refractivity contribution in [2.45, 2.75) is 32.5 Å². The maximum atomic E-state index is 13.4. The Hall–Kier alpha value is -2.71. The van der Waals surface area contributed by atoms with Crippen LogP contribution in [0.5, 0.6) is 0 Å². The van der Waals surface area contributed by atoms with Crippen LogP contribution < -0.4 is 10.5 Å². The number of anilines is 1. The van der Waals surface area contributed by atoms with Gasteiger partial charge in [-0.15, -0.1) is 0 Å². The number of fused-ring (bicyclic) bond motifs is 1. The van der Waals surface area contributed by atoms with Gasteiger partial charge in [-0.2, -0.15) is 5.10 Å². The largest absolute Gasteiger partial charge is 0.394 e. The number of nitrogens with zero attached hydrogens (tertiary/aromatic N) is 4. The van der Waals surface area contributed by atoms with Gasteiger partial charge in [0.2, 0.25) is 0 Å². The predicted molar refractivity (Wildman–Crippen MR) is 103 cm³/mol. The average Bonchev–Trinajstić information content (AvgIpc) is 3.07. The fourth-order valence-corrected chi connectivity index (χ4v) is 3.80. The van der Waals surface area contributed by atoms with E-state index in [1.54, 1.807) is 12.3 Å². The van der Waals surface area contributed by atoms with Crippen LogP contribution in [-0.2, 0) is 19.5 Å². The molecule has 0 fully saturated rings. The van der Waals surface area contributed by atoms with Gasteiger partial charge in [-0.25, -0.2) is 14.5 Å². The first-order valence-electron chi connectivity index (χ1n) is 8.87. The third kappa shape index (κ3) is 3.29. The summed E-state index contributed by atoms with van der Waals surface area (Å²) in [6.07, 6.45) is 3.89. The van der Waals surface area contributed by atoms with Crippen LogP contribution in [0.2, 0.25) is 5.02 Å². The highest BCUT2D eigenvalue weighted by atomic mass is 35.5. The van der Waals surface area contributed by atoms with Gasteiger partial charge in [-0.05, 0) is 30.2 Å². The van der Waals surface area contributed by atoms with Gasteiger partial charge >= 0.3 is 0 Å². The van der Waals surface area contributed by atoms with Crippen LogP contribution in [0, 0.1) is 12.7 Å². The van der Waals surface area contributed by atoms with Crippen molar-refractivity contribution in [1.29, 1.82) is 0 Å². The van der Waals surface area contributed by atoms with Crippen LogP contribution in [0.25, 0.3) is 0 Å². The topological polar surface area (TPSA) is 87.0 Å². The first-order valence-corrected chi connectivity index (χ1v) is 9.24. The molecule has 0 saturated heterocycles. The molecule has 0 radical (unpaired) electrons. The molecule has 0 bridgehead atoms. The lowest BCUT2D eigenvalue weighted by atomic mass is 10.0. The summed E-state index contributed by atoms with van der Waals surface area (Å²) in [7, 11) is 0. The van der Waals surface area contributed by atoms with Crippen molar-refractivity contribution in [2.75, 3.05) is 11.5 Å². The predicted octanol–water partition coefficient (Wildman–Crippen LogP) is 2.04. The molecule has 4 rings (SSSR count). The Morgan fingerprint density at radius 1 is 1.39 bits per heavy atom. The van der Waals surface area contributed by atoms with E-state index in [1.807, 2.05) is 11.8 Å². The molecule has 1 aliphatic heterocycles. The van der Waals surface area contributed by atoms with Crippen molar-refractivity contribution in [3.63, 3.8) is 0 Å². The zero-order valence-corrected chi connectivity index (χ0v) is 15.9. The van der Waals surface area contributed by atoms with E-state index in [4.69, 9.17) is 11.6 Å². The number of aromatic nitrogens is 4. The quantitative estimate of drug-likeness (QED) is 0.696. The Morgan fingerprint density at radius 2 is 2.21 bits per heavy atom. The van der Waals surface area contributed by atoms with E-state index in [0.717, 1.165) is 22.6 Å². The summed E-state index contributed by atoms with van der Waals surface area (Å²) in [6.45, 7) is 2.64. The molecule has 1 aromatic carbocycles. The maximum absolute atomic E-state index is 13.4. The van der Waals surface area contributed by atoms with E-state index in [-0.39, 0.29) is 23.5 Å². The number of hydrogen-bond donors (Lipinski definition) is 2. The van der Waals surface area contributed by atoms with E-state index in [2.05, 4.69) is 19.7 Å². The maximum Gasteiger partial charge on any atom is 0.285 e. The number of benzene rings is 1. The Morgan fingerprint density at radius 3 is 2.96 bits per heavy atom. The zero-order chi connectivity index (χ0) is 19.8. The second kappa shape index (κ2) is 7.37. The van der Waals surface area contributed by atoms with Crippen LogP contribution in [0.1, 0.15) is 22.6 Å². The second-order valence-electron chi connectivity index (χ2n) is 6.89. The van der Waals surface area contributed by atoms with Crippen molar-refractivity contribution in [2.24, 2.45) is 0 Å². The van der Waals surface area contributed by atoms with Gasteiger partial charge in [0.05, 0.1) is 31.1 Å². The van der Waals surface area contributed by atoms with Crippen LogP contribution in [0.15, 0.2) is 35.4 Å². The van der Waals surface area contributed by atoms with Crippen LogP contribution in [-0.4, -0.2) is 37.5 Å². The molecule has 0 spiro atoms. The molecule has 7 nitrogen and oxygen atoms in total. The lowest BCUT2D eigenvalue weighted by Gasteiger charge is -2.37. The third-order valence-corrected chi connectivity index (χ3v) is 5.51. The molecule has 2 aromatic heterocycles. The highest BCUT2D eigenvalue weighted by Gasteiger charge is 2.30. The Balaban J connectivity index is 1.66. The highest BCUT2D eigenvalue weighted by molar-refractivity contribution is 6.33. The monoisotopic (exact) mass is 403 g/mol. The van der Waals surface area contributed by atoms with E-state index < -0.39 is 5.56 Å². The molecule has 1 unspecified atom stereocenters. The Labute approximate surface area is 165 Å². The average molecular weight is 404 g/mol. The number of nitrogens with one attached hydrogen (secondary N) is 1. The number of aliphatic hydroxyl groups is 1. The van der Waals surface area contributed by atoms with Crippen LogP contribution >= 0.6 is 11.6 Å². The van der Waals surface area contributed by atoms with E-state index in [0.29, 0.717) is 25.2 Å². The standard InChI is InChI=1S/C19H19ClFN5O2/c1-11-4-13(21)3-2-12(11)5-14-6-22-17-9-25(15(10-27)8-26(14)17)16-7-23-24-19(28)18(16)20/h2-4,6-7,15,27H,5,8-10H2,1H3,(H,24,28). The molecule has 9 heteroatoms. The highest BCUT2D eigenvalue weighted by Crippen LogP contribution is 2.29. The number of rotatable bonds is 4. The summed E-state index contributed by atoms with van der Waals surface area (Å²) in [6, 6.07) is 4.47. The zero-order valence-electron chi connectivity index (χ0n) is 15.2. The molecule has 0 saturated carbocycles.